The van der Waals surface area contributed by atoms with E-state index >= 15 is 0 Å². The minimum atomic E-state index is -2.40. The molecule has 6 heteroatoms. The van der Waals surface area contributed by atoms with Crippen LogP contribution < -0.4 is 5.32 Å². The van der Waals surface area contributed by atoms with E-state index in [1.165, 1.54) is 0 Å². The molecule has 2 rings (SSSR count). The van der Waals surface area contributed by atoms with Crippen molar-refractivity contribution in [2.45, 2.75) is 19.3 Å². The van der Waals surface area contributed by atoms with Gasteiger partial charge in [-0.3, -0.25) is 0 Å². The lowest BCUT2D eigenvalue weighted by Crippen LogP contribution is -2.07. The first kappa shape index (κ1) is 15.9. The van der Waals surface area contributed by atoms with Gasteiger partial charge in [0.25, 0.3) is 6.43 Å². The van der Waals surface area contributed by atoms with Crippen molar-refractivity contribution in [3.63, 3.8) is 0 Å². The van der Waals surface area contributed by atoms with Crippen LogP contribution in [0.5, 0.6) is 0 Å². The summed E-state index contributed by atoms with van der Waals surface area (Å²) in [6.45, 7) is 0.605. The van der Waals surface area contributed by atoms with Crippen LogP contribution in [0.2, 0.25) is 0 Å². The summed E-state index contributed by atoms with van der Waals surface area (Å²) in [6.07, 6.45) is -0.979. The van der Waals surface area contributed by atoms with E-state index in [1.54, 1.807) is 11.3 Å². The van der Waals surface area contributed by atoms with Gasteiger partial charge in [-0.1, -0.05) is 18.2 Å². The number of aromatic nitrogens is 1. The quantitative estimate of drug-likeness (QED) is 0.718. The molecule has 0 spiro atoms. The van der Waals surface area contributed by atoms with Crippen molar-refractivity contribution in [3.05, 3.63) is 46.4 Å². The molecule has 0 radical (unpaired) electrons. The van der Waals surface area contributed by atoms with Gasteiger partial charge >= 0.3 is 0 Å². The molecule has 0 fully saturated rings. The highest BCUT2D eigenvalue weighted by molar-refractivity contribution is 7.09. The van der Waals surface area contributed by atoms with Gasteiger partial charge in [-0.25, -0.2) is 13.8 Å². The molecule has 2 aromatic rings. The van der Waals surface area contributed by atoms with Crippen LogP contribution >= 0.6 is 11.3 Å². The summed E-state index contributed by atoms with van der Waals surface area (Å²) in [5, 5.41) is 6.26. The van der Waals surface area contributed by atoms with Gasteiger partial charge in [0.05, 0.1) is 17.3 Å². The van der Waals surface area contributed by atoms with Gasteiger partial charge in [0.15, 0.2) is 0 Å². The second kappa shape index (κ2) is 8.69. The number of anilines is 1. The molecule has 0 atom stereocenters. The van der Waals surface area contributed by atoms with Gasteiger partial charge < -0.3 is 10.1 Å². The van der Waals surface area contributed by atoms with E-state index in [1.807, 2.05) is 35.7 Å². The van der Waals surface area contributed by atoms with Crippen LogP contribution in [0, 0.1) is 0 Å². The first-order chi connectivity index (χ1) is 10.2. The lowest BCUT2D eigenvalue weighted by atomic mass is 10.3. The van der Waals surface area contributed by atoms with Crippen molar-refractivity contribution in [1.82, 2.24) is 4.98 Å². The van der Waals surface area contributed by atoms with Crippen LogP contribution in [0.3, 0.4) is 0 Å². The minimum Gasteiger partial charge on any atom is -0.385 e. The van der Waals surface area contributed by atoms with E-state index < -0.39 is 13.0 Å². The molecule has 3 nitrogen and oxygen atoms in total. The summed E-state index contributed by atoms with van der Waals surface area (Å²) < 4.78 is 28.6. The molecule has 0 amide bonds. The fraction of sp³-hybridized carbons (Fsp3) is 0.400. The molecule has 1 N–H and O–H groups in total. The molecule has 0 aliphatic rings. The maximum absolute atomic E-state index is 11.9. The summed E-state index contributed by atoms with van der Waals surface area (Å²) in [4.78, 5) is 4.47. The second-order valence-corrected chi connectivity index (χ2v) is 5.43. The number of halogens is 2. The molecule has 0 bridgehead atoms. The normalized spacial score (nSPS) is 11.0. The Morgan fingerprint density at radius 3 is 2.76 bits per heavy atom. The van der Waals surface area contributed by atoms with Gasteiger partial charge in [-0.2, -0.15) is 0 Å². The first-order valence-corrected chi connectivity index (χ1v) is 7.70. The molecule has 21 heavy (non-hydrogen) atoms. The predicted octanol–water partition coefficient (Wildman–Crippen LogP) is 3.62. The number of hydrogen-bond donors (Lipinski definition) is 1. The summed E-state index contributed by atoms with van der Waals surface area (Å²) >= 11 is 1.55. The van der Waals surface area contributed by atoms with E-state index in [4.69, 9.17) is 4.74 Å². The molecular formula is C15H18F2N2OS. The topological polar surface area (TPSA) is 34.1 Å². The molecule has 0 aliphatic heterocycles. The summed E-state index contributed by atoms with van der Waals surface area (Å²) in [7, 11) is 0. The number of alkyl halides is 2. The van der Waals surface area contributed by atoms with Gasteiger partial charge in [-0.15, -0.1) is 11.3 Å². The zero-order valence-corrected chi connectivity index (χ0v) is 12.4. The van der Waals surface area contributed by atoms with Crippen molar-refractivity contribution < 1.29 is 13.5 Å². The Bertz CT molecular complexity index is 519. The number of benzene rings is 1. The highest BCUT2D eigenvalue weighted by atomic mass is 32.1. The minimum absolute atomic E-state index is 0.291. The Labute approximate surface area is 127 Å². The second-order valence-electron chi connectivity index (χ2n) is 4.49. The molecule has 1 aromatic carbocycles. The van der Waals surface area contributed by atoms with Crippen molar-refractivity contribution >= 4 is 17.0 Å². The molecule has 114 valence electrons. The number of nitrogens with one attached hydrogen (secondary N) is 1. The maximum atomic E-state index is 11.9. The Balaban J connectivity index is 1.66. The molecule has 0 unspecified atom stereocenters. The van der Waals surface area contributed by atoms with Gasteiger partial charge in [0, 0.05) is 30.5 Å². The average molecular weight is 312 g/mol. The van der Waals surface area contributed by atoms with Crippen molar-refractivity contribution in [3.8, 4) is 0 Å². The molecule has 1 heterocycles. The van der Waals surface area contributed by atoms with Crippen LogP contribution in [-0.2, 0) is 17.6 Å². The predicted molar refractivity (Wildman–Crippen MR) is 81.3 cm³/mol. The van der Waals surface area contributed by atoms with Gasteiger partial charge in [-0.05, 0) is 12.1 Å². The van der Waals surface area contributed by atoms with E-state index in [2.05, 4.69) is 10.3 Å². The number of rotatable bonds is 9. The van der Waals surface area contributed by atoms with Crippen molar-refractivity contribution in [2.24, 2.45) is 0 Å². The molecule has 1 aromatic heterocycles. The van der Waals surface area contributed by atoms with E-state index in [-0.39, 0.29) is 0 Å². The monoisotopic (exact) mass is 312 g/mol. The zero-order chi connectivity index (χ0) is 14.9. The van der Waals surface area contributed by atoms with Crippen molar-refractivity contribution in [1.29, 1.82) is 0 Å². The Morgan fingerprint density at radius 1 is 1.19 bits per heavy atom. The van der Waals surface area contributed by atoms with E-state index in [0.29, 0.717) is 13.0 Å². The number of para-hydroxylation sites is 1. The lowest BCUT2D eigenvalue weighted by molar-refractivity contribution is 0.0187. The molecule has 0 saturated heterocycles. The third kappa shape index (κ3) is 6.18. The van der Waals surface area contributed by atoms with Crippen LogP contribution in [0.25, 0.3) is 0 Å². The van der Waals surface area contributed by atoms with Crippen molar-refractivity contribution in [2.75, 3.05) is 25.1 Å². The highest BCUT2D eigenvalue weighted by Gasteiger charge is 2.04. The number of nitrogens with zero attached hydrogens (tertiary/aromatic N) is 1. The van der Waals surface area contributed by atoms with Crippen LogP contribution in [0.15, 0.2) is 35.7 Å². The number of thiazole rings is 1. The highest BCUT2D eigenvalue weighted by Crippen LogP contribution is 2.12. The summed E-state index contributed by atoms with van der Waals surface area (Å²) in [6, 6.07) is 10.00. The zero-order valence-electron chi connectivity index (χ0n) is 11.6. The van der Waals surface area contributed by atoms with Crippen LogP contribution in [0.1, 0.15) is 10.7 Å². The lowest BCUT2D eigenvalue weighted by Gasteiger charge is -2.04. The Kier molecular flexibility index (Phi) is 6.56. The summed E-state index contributed by atoms with van der Waals surface area (Å²) in [5.74, 6) is 0. The fourth-order valence-corrected chi connectivity index (χ4v) is 2.62. The van der Waals surface area contributed by atoms with Gasteiger partial charge in [0.1, 0.15) is 6.61 Å². The third-order valence-electron chi connectivity index (χ3n) is 2.79. The van der Waals surface area contributed by atoms with Crippen LogP contribution in [-0.4, -0.2) is 31.2 Å². The first-order valence-electron chi connectivity index (χ1n) is 6.82. The van der Waals surface area contributed by atoms with Crippen LogP contribution in [0.4, 0.5) is 14.5 Å². The Morgan fingerprint density at radius 2 is 2.00 bits per heavy atom. The van der Waals surface area contributed by atoms with Gasteiger partial charge in [0.2, 0.25) is 0 Å². The number of hydrogen-bond acceptors (Lipinski definition) is 4. The summed E-state index contributed by atoms with van der Waals surface area (Å²) in [5.41, 5.74) is 2.11. The molecule has 0 aliphatic carbocycles. The Hall–Kier alpha value is -1.53. The SMILES string of the molecule is FC(F)COCCc1nc(CCNc2ccccc2)cs1. The number of ether oxygens (including phenoxy) is 1. The smallest absolute Gasteiger partial charge is 0.261 e. The molecular weight excluding hydrogens is 294 g/mol. The maximum Gasteiger partial charge on any atom is 0.261 e. The average Bonchev–Trinajstić information content (AvgIpc) is 2.92. The molecule has 0 saturated carbocycles. The third-order valence-corrected chi connectivity index (χ3v) is 3.74. The van der Waals surface area contributed by atoms with E-state index in [9.17, 15) is 8.78 Å². The standard InChI is InChI=1S/C15H18F2N2OS/c16-14(17)10-20-9-7-15-19-13(11-21-15)6-8-18-12-4-2-1-3-5-12/h1-5,11,14,18H,6-10H2. The largest absolute Gasteiger partial charge is 0.385 e. The fourth-order valence-electron chi connectivity index (χ4n) is 1.80. The van der Waals surface area contributed by atoms with E-state index in [0.717, 1.165) is 29.4 Å².